The van der Waals surface area contributed by atoms with Crippen LogP contribution in [0.3, 0.4) is 0 Å². The van der Waals surface area contributed by atoms with Crippen LogP contribution in [0.4, 0.5) is 15.3 Å². The Kier molecular flexibility index (Phi) is 19.9. The smallest absolute Gasteiger partial charge is 0.414 e. The minimum absolute atomic E-state index is 0.0525. The number of ether oxygens (including phenoxy) is 4. The Morgan fingerprint density at radius 3 is 1.93 bits per heavy atom. The number of hydrogen-bond acceptors (Lipinski definition) is 12. The fraction of sp³-hybridized carbons (Fsp3) is 0.667. The number of carbonyl (C=O) groups excluding carboxylic acids is 2. The minimum Gasteiger partial charge on any atom is -0.444 e. The molecule has 2 rings (SSSR count). The lowest BCUT2D eigenvalue weighted by molar-refractivity contribution is 0.0178. The van der Waals surface area contributed by atoms with Crippen molar-refractivity contribution in [2.75, 3.05) is 58.5 Å². The monoisotopic (exact) mass is 827 g/mol. The van der Waals surface area contributed by atoms with E-state index in [1.54, 1.807) is 53.7 Å². The summed E-state index contributed by atoms with van der Waals surface area (Å²) in [5.74, 6) is -0.0525. The Morgan fingerprint density at radius 2 is 1.34 bits per heavy atom. The van der Waals surface area contributed by atoms with Crippen molar-refractivity contribution in [3.8, 4) is 0 Å². The van der Waals surface area contributed by atoms with Gasteiger partial charge in [-0.25, -0.2) is 22.7 Å². The summed E-state index contributed by atoms with van der Waals surface area (Å²) in [5, 5.41) is 5.61. The Bertz CT molecular complexity index is 1640. The number of sulfonamides is 1. The summed E-state index contributed by atoms with van der Waals surface area (Å²) in [5.41, 5.74) is -0.527. The molecule has 0 saturated heterocycles. The zero-order valence-corrected chi connectivity index (χ0v) is 37.2. The third-order valence-electron chi connectivity index (χ3n) is 7.43. The number of amides is 2. The Hall–Kier alpha value is -3.11. The van der Waals surface area contributed by atoms with Crippen LogP contribution in [0.5, 0.6) is 0 Å². The van der Waals surface area contributed by atoms with Crippen molar-refractivity contribution in [2.45, 2.75) is 122 Å². The van der Waals surface area contributed by atoms with E-state index in [1.165, 1.54) is 0 Å². The first-order valence-corrected chi connectivity index (χ1v) is 21.7. The molecule has 0 spiro atoms. The van der Waals surface area contributed by atoms with Crippen molar-refractivity contribution in [1.29, 1.82) is 0 Å². The van der Waals surface area contributed by atoms with Crippen LogP contribution in [0.25, 0.3) is 10.8 Å². The van der Waals surface area contributed by atoms with Gasteiger partial charge in [0.05, 0.1) is 37.4 Å². The second kappa shape index (κ2) is 22.7. The van der Waals surface area contributed by atoms with Crippen LogP contribution in [0.2, 0.25) is 0 Å². The molecule has 15 nitrogen and oxygen atoms in total. The van der Waals surface area contributed by atoms with Gasteiger partial charge in [0.25, 0.3) is 0 Å². The summed E-state index contributed by atoms with van der Waals surface area (Å²) in [4.78, 5) is 31.2. The molecule has 17 heteroatoms. The van der Waals surface area contributed by atoms with Crippen molar-refractivity contribution in [2.24, 2.45) is 4.99 Å². The van der Waals surface area contributed by atoms with Crippen LogP contribution in [0, 0.1) is 0 Å². The summed E-state index contributed by atoms with van der Waals surface area (Å²) in [6.07, 6.45) is 1.64. The second-order valence-electron chi connectivity index (χ2n) is 16.0. The van der Waals surface area contributed by atoms with Gasteiger partial charge in [0.1, 0.15) is 16.5 Å². The first-order chi connectivity index (χ1) is 26.0. The number of carbonyl (C=O) groups is 2. The Labute approximate surface area is 335 Å². The van der Waals surface area contributed by atoms with Crippen LogP contribution in [-0.4, -0.2) is 103 Å². The molecular weight excluding hydrogens is 761 g/mol. The van der Waals surface area contributed by atoms with Gasteiger partial charge >= 0.3 is 12.2 Å². The molecule has 2 aromatic carbocycles. The van der Waals surface area contributed by atoms with Gasteiger partial charge in [-0.3, -0.25) is 15.6 Å². The van der Waals surface area contributed by atoms with Crippen LogP contribution in [0.1, 0.15) is 94.9 Å². The highest BCUT2D eigenvalue weighted by Crippen LogP contribution is 2.52. The van der Waals surface area contributed by atoms with Crippen molar-refractivity contribution in [3.63, 3.8) is 0 Å². The number of nitrogens with one attached hydrogen (secondary N) is 3. The highest BCUT2D eigenvalue weighted by atomic mass is 32.2. The van der Waals surface area contributed by atoms with Gasteiger partial charge in [-0.15, -0.1) is 0 Å². The molecule has 3 N–H and O–H groups in total. The zero-order chi connectivity index (χ0) is 42.2. The van der Waals surface area contributed by atoms with Crippen LogP contribution >= 0.6 is 8.38 Å². The normalized spacial score (nSPS) is 13.0. The summed E-state index contributed by atoms with van der Waals surface area (Å²) < 4.78 is 64.3. The number of alkyl carbamates (subject to hydrolysis) is 2. The van der Waals surface area contributed by atoms with E-state index in [-0.39, 0.29) is 30.1 Å². The molecule has 56 heavy (non-hydrogen) atoms. The highest BCUT2D eigenvalue weighted by molar-refractivity contribution is 7.89. The molecule has 1 unspecified atom stereocenters. The topological polar surface area (TPSA) is 175 Å². The van der Waals surface area contributed by atoms with E-state index in [4.69, 9.17) is 28.0 Å². The summed E-state index contributed by atoms with van der Waals surface area (Å²) in [6, 6.07) is 10.9. The average molecular weight is 828 g/mol. The number of hydrogen-bond donors (Lipinski definition) is 3. The maximum atomic E-state index is 13.4. The van der Waals surface area contributed by atoms with E-state index in [0.29, 0.717) is 38.2 Å². The lowest BCUT2D eigenvalue weighted by Crippen LogP contribution is -2.47. The van der Waals surface area contributed by atoms with Gasteiger partial charge in [-0.2, -0.15) is 0 Å². The molecule has 0 aliphatic carbocycles. The third-order valence-corrected chi connectivity index (χ3v) is 10.8. The lowest BCUT2D eigenvalue weighted by atomic mass is 10.1. The summed E-state index contributed by atoms with van der Waals surface area (Å²) >= 11 is 0. The van der Waals surface area contributed by atoms with Gasteiger partial charge < -0.3 is 32.9 Å². The molecule has 0 aliphatic rings. The molecule has 0 aromatic heterocycles. The second-order valence-corrected chi connectivity index (χ2v) is 19.8. The molecule has 0 heterocycles. The van der Waals surface area contributed by atoms with Crippen LogP contribution in [-0.2, 0) is 38.0 Å². The van der Waals surface area contributed by atoms with Crippen molar-refractivity contribution in [1.82, 2.24) is 15.4 Å². The number of fused-ring (bicyclic) bond motifs is 1. The van der Waals surface area contributed by atoms with E-state index >= 15 is 0 Å². The molecule has 318 valence electrons. The van der Waals surface area contributed by atoms with Gasteiger partial charge in [0.15, 0.2) is 0 Å². The first kappa shape index (κ1) is 49.0. The number of anilines is 1. The molecule has 0 aliphatic heterocycles. The summed E-state index contributed by atoms with van der Waals surface area (Å²) in [6.45, 7) is 19.7. The SMILES string of the molecule is CC(C)OCCOP(OCCCCCCN=C(NC(=O)OC(C)(C)C)NC(=O)OC(C)(C)C)C(C)(C)OCCNS(=O)(=O)c1cccc2c(N(C)C)cccc12. The predicted octanol–water partition coefficient (Wildman–Crippen LogP) is 7.67. The fourth-order valence-corrected chi connectivity index (χ4v) is 7.73. The molecule has 2 aromatic rings. The number of benzene rings is 2. The Morgan fingerprint density at radius 1 is 0.768 bits per heavy atom. The maximum absolute atomic E-state index is 13.4. The van der Waals surface area contributed by atoms with E-state index < -0.39 is 47.1 Å². The maximum Gasteiger partial charge on any atom is 0.414 e. The van der Waals surface area contributed by atoms with Crippen molar-refractivity contribution in [3.05, 3.63) is 36.4 Å². The number of rotatable bonds is 21. The van der Waals surface area contributed by atoms with E-state index in [0.717, 1.165) is 30.3 Å². The predicted molar refractivity (Wildman–Crippen MR) is 223 cm³/mol. The number of nitrogens with zero attached hydrogens (tertiary/aromatic N) is 2. The summed E-state index contributed by atoms with van der Waals surface area (Å²) in [7, 11) is -1.52. The molecule has 0 saturated carbocycles. The number of aliphatic imine (C=N–C) groups is 1. The van der Waals surface area contributed by atoms with Crippen molar-refractivity contribution >= 4 is 53.0 Å². The first-order valence-electron chi connectivity index (χ1n) is 19.1. The highest BCUT2D eigenvalue weighted by Gasteiger charge is 2.34. The lowest BCUT2D eigenvalue weighted by Gasteiger charge is -2.33. The van der Waals surface area contributed by atoms with Gasteiger partial charge in [-0.1, -0.05) is 37.1 Å². The minimum atomic E-state index is -3.83. The van der Waals surface area contributed by atoms with E-state index in [1.807, 2.05) is 71.0 Å². The quantitative estimate of drug-likeness (QED) is 0.0487. The van der Waals surface area contributed by atoms with Crippen LogP contribution in [0.15, 0.2) is 46.3 Å². The molecule has 2 amide bonds. The molecule has 0 bridgehead atoms. The van der Waals surface area contributed by atoms with Gasteiger partial charge in [0.2, 0.25) is 24.4 Å². The molecular formula is C39H66N5O10PS. The fourth-order valence-electron chi connectivity index (χ4n) is 5.06. The third kappa shape index (κ3) is 18.9. The number of unbranched alkanes of at least 4 members (excludes halogenated alkanes) is 3. The van der Waals surface area contributed by atoms with Crippen LogP contribution < -0.4 is 20.3 Å². The molecule has 1 atom stereocenters. The largest absolute Gasteiger partial charge is 0.444 e. The Balaban J connectivity index is 1.93. The van der Waals surface area contributed by atoms with E-state index in [2.05, 4.69) is 20.3 Å². The average Bonchev–Trinajstić information content (AvgIpc) is 3.06. The van der Waals surface area contributed by atoms with Gasteiger partial charge in [0, 0.05) is 43.6 Å². The van der Waals surface area contributed by atoms with Gasteiger partial charge in [-0.05, 0) is 94.2 Å². The molecule has 0 fully saturated rings. The molecule has 0 radical (unpaired) electrons. The zero-order valence-electron chi connectivity index (χ0n) is 35.4. The van der Waals surface area contributed by atoms with Crippen molar-refractivity contribution < 1.29 is 46.0 Å². The number of guanidine groups is 1. The van der Waals surface area contributed by atoms with E-state index in [9.17, 15) is 18.0 Å². The standard InChI is InChI=1S/C39H66N5O10PS/c1-29(2)49-27-28-52-55(39(9,10)50-26-24-41-56(47,48)33-22-18-19-30-31(33)20-17-21-32(30)44(11)12)51-25-16-14-13-15-23-40-34(42-35(45)53-37(3,4)5)43-36(46)54-38(6,7)8/h17-22,29,41H,13-16,23-28H2,1-12H3,(H2,40,42,43,45,46).